The molecule has 0 spiro atoms. The molecule has 0 aromatic heterocycles. The third-order valence-corrected chi connectivity index (χ3v) is 5.93. The molecule has 2 atom stereocenters. The molecule has 1 saturated heterocycles. The average Bonchev–Trinajstić information content (AvgIpc) is 2.69. The van der Waals surface area contributed by atoms with Crippen molar-refractivity contribution in [2.75, 3.05) is 25.1 Å². The van der Waals surface area contributed by atoms with Crippen LogP contribution in [0.3, 0.4) is 0 Å². The van der Waals surface area contributed by atoms with Gasteiger partial charge in [0.05, 0.1) is 17.6 Å². The third kappa shape index (κ3) is 3.86. The third-order valence-electron chi connectivity index (χ3n) is 3.61. The molecule has 2 rings (SSSR count). The molecular weight excluding hydrogens is 321 g/mol. The van der Waals surface area contributed by atoms with Crippen molar-refractivity contribution >= 4 is 33.0 Å². The van der Waals surface area contributed by atoms with Crippen molar-refractivity contribution in [3.8, 4) is 0 Å². The van der Waals surface area contributed by atoms with Crippen LogP contribution >= 0.6 is 23.2 Å². The van der Waals surface area contributed by atoms with Gasteiger partial charge in [-0.1, -0.05) is 29.3 Å². The quantitative estimate of drug-likeness (QED) is 0.914. The average molecular weight is 338 g/mol. The molecule has 1 N–H and O–H groups in total. The summed E-state index contributed by atoms with van der Waals surface area (Å²) in [5.41, 5.74) is 0.601. The smallest absolute Gasteiger partial charge is 0.151 e. The molecule has 2 unspecified atom stereocenters. The van der Waals surface area contributed by atoms with Gasteiger partial charge in [0.25, 0.3) is 0 Å². The Labute approximate surface area is 129 Å². The number of benzene rings is 1. The van der Waals surface area contributed by atoms with Crippen molar-refractivity contribution in [2.24, 2.45) is 0 Å². The summed E-state index contributed by atoms with van der Waals surface area (Å²) in [6.07, 6.45) is -0.159. The van der Waals surface area contributed by atoms with Gasteiger partial charge in [0.15, 0.2) is 9.84 Å². The maximum absolute atomic E-state index is 11.5. The van der Waals surface area contributed by atoms with Crippen LogP contribution < -0.4 is 0 Å². The number of aliphatic hydroxyl groups is 1. The first kappa shape index (κ1) is 16.0. The first-order chi connectivity index (χ1) is 9.28. The molecule has 20 heavy (non-hydrogen) atoms. The van der Waals surface area contributed by atoms with E-state index < -0.39 is 15.9 Å². The van der Waals surface area contributed by atoms with Gasteiger partial charge in [-0.2, -0.15) is 0 Å². The zero-order valence-corrected chi connectivity index (χ0v) is 13.4. The summed E-state index contributed by atoms with van der Waals surface area (Å²) in [6.45, 7) is 0.335. The largest absolute Gasteiger partial charge is 0.387 e. The van der Waals surface area contributed by atoms with E-state index in [4.69, 9.17) is 23.2 Å². The lowest BCUT2D eigenvalue weighted by molar-refractivity contribution is 0.110. The highest BCUT2D eigenvalue weighted by Crippen LogP contribution is 2.27. The Hall–Kier alpha value is -0.330. The van der Waals surface area contributed by atoms with E-state index in [2.05, 4.69) is 0 Å². The molecule has 0 saturated carbocycles. The topological polar surface area (TPSA) is 57.6 Å². The predicted octanol–water partition coefficient (Wildman–Crippen LogP) is 2.15. The highest BCUT2D eigenvalue weighted by atomic mass is 35.5. The van der Waals surface area contributed by atoms with E-state index in [1.807, 2.05) is 11.9 Å². The minimum absolute atomic E-state index is 0.0410. The summed E-state index contributed by atoms with van der Waals surface area (Å²) in [6, 6.07) is 4.91. The van der Waals surface area contributed by atoms with Crippen molar-refractivity contribution in [2.45, 2.75) is 18.6 Å². The summed E-state index contributed by atoms with van der Waals surface area (Å²) in [7, 11) is -1.10. The second kappa shape index (κ2) is 6.20. The maximum Gasteiger partial charge on any atom is 0.151 e. The Morgan fingerprint density at radius 3 is 2.70 bits per heavy atom. The second-order valence-corrected chi connectivity index (χ2v) is 8.25. The molecule has 1 heterocycles. The van der Waals surface area contributed by atoms with Crippen molar-refractivity contribution in [1.82, 2.24) is 4.90 Å². The number of nitrogens with zero attached hydrogens (tertiary/aromatic N) is 1. The standard InChI is InChI=1S/C13H17Cl2NO3S/c1-16(10-4-5-20(18,19)8-10)7-13(17)11-3-2-9(14)6-12(11)15/h2-3,6,10,13,17H,4-5,7-8H2,1H3. The van der Waals surface area contributed by atoms with Crippen molar-refractivity contribution in [3.05, 3.63) is 33.8 Å². The molecule has 1 aliphatic rings. The number of aliphatic hydroxyl groups excluding tert-OH is 1. The Balaban J connectivity index is 2.02. The van der Waals surface area contributed by atoms with E-state index in [0.717, 1.165) is 0 Å². The van der Waals surface area contributed by atoms with Crippen LogP contribution in [0.15, 0.2) is 18.2 Å². The van der Waals surface area contributed by atoms with Crippen LogP contribution in [0.4, 0.5) is 0 Å². The van der Waals surface area contributed by atoms with Gasteiger partial charge in [0.1, 0.15) is 0 Å². The number of sulfone groups is 1. The molecule has 1 fully saturated rings. The fraction of sp³-hybridized carbons (Fsp3) is 0.538. The Morgan fingerprint density at radius 2 is 2.15 bits per heavy atom. The number of hydrogen-bond donors (Lipinski definition) is 1. The lowest BCUT2D eigenvalue weighted by Crippen LogP contribution is -2.35. The van der Waals surface area contributed by atoms with Crippen LogP contribution in [0, 0.1) is 0 Å². The minimum Gasteiger partial charge on any atom is -0.387 e. The van der Waals surface area contributed by atoms with Gasteiger partial charge < -0.3 is 5.11 Å². The maximum atomic E-state index is 11.5. The van der Waals surface area contributed by atoms with Crippen LogP contribution in [-0.4, -0.2) is 49.6 Å². The summed E-state index contributed by atoms with van der Waals surface area (Å²) in [4.78, 5) is 1.88. The number of likely N-dealkylation sites (N-methyl/N-ethyl adjacent to an activating group) is 1. The normalized spacial score (nSPS) is 23.1. The summed E-state index contributed by atoms with van der Waals surface area (Å²) >= 11 is 11.9. The van der Waals surface area contributed by atoms with Gasteiger partial charge in [-0.05, 0) is 25.6 Å². The van der Waals surface area contributed by atoms with E-state index in [1.165, 1.54) is 0 Å². The van der Waals surface area contributed by atoms with Gasteiger partial charge in [0, 0.05) is 28.2 Å². The van der Waals surface area contributed by atoms with E-state index in [1.54, 1.807) is 18.2 Å². The van der Waals surface area contributed by atoms with Gasteiger partial charge in [-0.25, -0.2) is 8.42 Å². The van der Waals surface area contributed by atoms with Gasteiger partial charge in [0.2, 0.25) is 0 Å². The number of halogens is 2. The molecule has 1 aromatic rings. The van der Waals surface area contributed by atoms with Crippen LogP contribution in [-0.2, 0) is 9.84 Å². The molecule has 0 bridgehead atoms. The van der Waals surface area contributed by atoms with Crippen LogP contribution in [0.5, 0.6) is 0 Å². The molecule has 0 radical (unpaired) electrons. The molecule has 1 aliphatic heterocycles. The van der Waals surface area contributed by atoms with Crippen molar-refractivity contribution in [1.29, 1.82) is 0 Å². The molecular formula is C13H17Cl2NO3S. The summed E-state index contributed by atoms with van der Waals surface area (Å²) < 4.78 is 22.9. The number of rotatable bonds is 4. The van der Waals surface area contributed by atoms with Gasteiger partial charge in [-0.3, -0.25) is 4.90 Å². The SMILES string of the molecule is CN(CC(O)c1ccc(Cl)cc1Cl)C1CCS(=O)(=O)C1. The van der Waals surface area contributed by atoms with E-state index in [-0.39, 0.29) is 17.5 Å². The monoisotopic (exact) mass is 337 g/mol. The molecule has 0 aliphatic carbocycles. The highest BCUT2D eigenvalue weighted by molar-refractivity contribution is 7.91. The first-order valence-electron chi connectivity index (χ1n) is 6.32. The Bertz CT molecular complexity index is 591. The first-order valence-corrected chi connectivity index (χ1v) is 8.90. The van der Waals surface area contributed by atoms with Crippen LogP contribution in [0.1, 0.15) is 18.1 Å². The molecule has 0 amide bonds. The zero-order chi connectivity index (χ0) is 14.9. The van der Waals surface area contributed by atoms with E-state index >= 15 is 0 Å². The zero-order valence-electron chi connectivity index (χ0n) is 11.1. The van der Waals surface area contributed by atoms with Crippen LogP contribution in [0.2, 0.25) is 10.0 Å². The number of hydrogen-bond acceptors (Lipinski definition) is 4. The van der Waals surface area contributed by atoms with E-state index in [0.29, 0.717) is 28.6 Å². The highest BCUT2D eigenvalue weighted by Gasteiger charge is 2.31. The fourth-order valence-electron chi connectivity index (χ4n) is 2.41. The van der Waals surface area contributed by atoms with Gasteiger partial charge >= 0.3 is 0 Å². The predicted molar refractivity (Wildman–Crippen MR) is 81.1 cm³/mol. The lowest BCUT2D eigenvalue weighted by atomic mass is 10.1. The minimum atomic E-state index is -2.92. The van der Waals surface area contributed by atoms with Crippen molar-refractivity contribution in [3.63, 3.8) is 0 Å². The molecule has 4 nitrogen and oxygen atoms in total. The molecule has 1 aromatic carbocycles. The lowest BCUT2D eigenvalue weighted by Gasteiger charge is -2.26. The Morgan fingerprint density at radius 1 is 1.45 bits per heavy atom. The molecule has 112 valence electrons. The second-order valence-electron chi connectivity index (χ2n) is 5.18. The fourth-order valence-corrected chi connectivity index (χ4v) is 4.75. The Kier molecular flexibility index (Phi) is 4.97. The van der Waals surface area contributed by atoms with Gasteiger partial charge in [-0.15, -0.1) is 0 Å². The summed E-state index contributed by atoms with van der Waals surface area (Å²) in [5, 5.41) is 11.2. The van der Waals surface area contributed by atoms with Crippen LogP contribution in [0.25, 0.3) is 0 Å². The van der Waals surface area contributed by atoms with E-state index in [9.17, 15) is 13.5 Å². The molecule has 7 heteroatoms. The summed E-state index contributed by atoms with van der Waals surface area (Å²) in [5.74, 6) is 0.379. The van der Waals surface area contributed by atoms with Crippen molar-refractivity contribution < 1.29 is 13.5 Å².